The van der Waals surface area contributed by atoms with E-state index in [1.807, 2.05) is 0 Å². The van der Waals surface area contributed by atoms with Gasteiger partial charge in [0.1, 0.15) is 23.6 Å². The summed E-state index contributed by atoms with van der Waals surface area (Å²) in [4.78, 5) is 25.2. The molecule has 0 atom stereocenters. The van der Waals surface area contributed by atoms with Crippen LogP contribution in [0, 0.1) is 5.82 Å². The minimum absolute atomic E-state index is 0.0317. The largest absolute Gasteiger partial charge is 0.497 e. The van der Waals surface area contributed by atoms with Crippen molar-refractivity contribution in [1.82, 2.24) is 29.9 Å². The molecule has 5 rings (SSSR count). The fraction of sp³-hybridized carbons (Fsp3) is 0.261. The summed E-state index contributed by atoms with van der Waals surface area (Å²) in [6.45, 7) is 2.20. The number of hydrogen-bond acceptors (Lipinski definition) is 8. The number of halogens is 1. The number of rotatable bonds is 6. The SMILES string of the molecule is COc1ccc(OCC(=O)N2CCN(c3ncnc4c3nnn4-c3ccc(F)cc3)CC2)cc1. The van der Waals surface area contributed by atoms with Crippen molar-refractivity contribution in [3.8, 4) is 17.2 Å². The van der Waals surface area contributed by atoms with Crippen molar-refractivity contribution in [3.63, 3.8) is 0 Å². The first-order chi connectivity index (χ1) is 16.6. The number of benzene rings is 2. The van der Waals surface area contributed by atoms with Crippen molar-refractivity contribution in [2.75, 3.05) is 44.8 Å². The van der Waals surface area contributed by atoms with Crippen LogP contribution in [0.15, 0.2) is 54.9 Å². The van der Waals surface area contributed by atoms with Gasteiger partial charge < -0.3 is 19.3 Å². The van der Waals surface area contributed by atoms with Crippen LogP contribution in [0.1, 0.15) is 0 Å². The Balaban J connectivity index is 1.23. The summed E-state index contributed by atoms with van der Waals surface area (Å²) >= 11 is 0. The Morgan fingerprint density at radius 2 is 1.68 bits per heavy atom. The molecule has 0 aliphatic carbocycles. The van der Waals surface area contributed by atoms with Gasteiger partial charge in [-0.2, -0.15) is 4.68 Å². The van der Waals surface area contributed by atoms with Crippen molar-refractivity contribution in [3.05, 3.63) is 60.7 Å². The molecule has 11 heteroatoms. The minimum atomic E-state index is -0.328. The van der Waals surface area contributed by atoms with E-state index in [0.717, 1.165) is 5.75 Å². The molecule has 174 valence electrons. The van der Waals surface area contributed by atoms with Gasteiger partial charge >= 0.3 is 0 Å². The second-order valence-corrected chi connectivity index (χ2v) is 7.68. The van der Waals surface area contributed by atoms with Gasteiger partial charge in [-0.1, -0.05) is 5.21 Å². The van der Waals surface area contributed by atoms with E-state index < -0.39 is 0 Å². The van der Waals surface area contributed by atoms with Crippen molar-refractivity contribution in [2.45, 2.75) is 0 Å². The van der Waals surface area contributed by atoms with E-state index in [2.05, 4.69) is 25.2 Å². The molecule has 4 aromatic rings. The first-order valence-electron chi connectivity index (χ1n) is 10.7. The molecule has 2 aromatic heterocycles. The predicted octanol–water partition coefficient (Wildman–Crippen LogP) is 2.09. The Labute approximate surface area is 194 Å². The molecule has 0 bridgehead atoms. The summed E-state index contributed by atoms with van der Waals surface area (Å²) in [6.07, 6.45) is 1.46. The summed E-state index contributed by atoms with van der Waals surface area (Å²) in [5, 5.41) is 8.45. The zero-order chi connectivity index (χ0) is 23.5. The second kappa shape index (κ2) is 9.30. The Morgan fingerprint density at radius 3 is 2.38 bits per heavy atom. The molecule has 1 amide bonds. The van der Waals surface area contributed by atoms with E-state index in [0.29, 0.717) is 54.6 Å². The van der Waals surface area contributed by atoms with E-state index in [9.17, 15) is 9.18 Å². The van der Waals surface area contributed by atoms with E-state index in [1.54, 1.807) is 53.1 Å². The van der Waals surface area contributed by atoms with Gasteiger partial charge in [-0.15, -0.1) is 5.10 Å². The van der Waals surface area contributed by atoms with Crippen LogP contribution in [0.25, 0.3) is 16.9 Å². The average molecular weight is 463 g/mol. The average Bonchev–Trinajstić information content (AvgIpc) is 3.32. The van der Waals surface area contributed by atoms with Gasteiger partial charge in [0.25, 0.3) is 5.91 Å². The van der Waals surface area contributed by atoms with Crippen LogP contribution in [0.2, 0.25) is 0 Å². The Kier molecular flexibility index (Phi) is 5.90. The number of carbonyl (C=O) groups excluding carboxylic acids is 1. The third-order valence-electron chi connectivity index (χ3n) is 5.64. The number of ether oxygens (including phenoxy) is 2. The van der Waals surface area contributed by atoms with Gasteiger partial charge in [-0.25, -0.2) is 14.4 Å². The van der Waals surface area contributed by atoms with Gasteiger partial charge in [0, 0.05) is 26.2 Å². The third-order valence-corrected chi connectivity index (χ3v) is 5.64. The van der Waals surface area contributed by atoms with Crippen molar-refractivity contribution >= 4 is 22.9 Å². The number of piperazine rings is 1. The van der Waals surface area contributed by atoms with Gasteiger partial charge in [-0.3, -0.25) is 4.79 Å². The van der Waals surface area contributed by atoms with Gasteiger partial charge in [-0.05, 0) is 48.5 Å². The summed E-state index contributed by atoms with van der Waals surface area (Å²) < 4.78 is 25.6. The lowest BCUT2D eigenvalue weighted by atomic mass is 10.3. The van der Waals surface area contributed by atoms with Crippen LogP contribution in [-0.2, 0) is 4.79 Å². The Morgan fingerprint density at radius 1 is 0.971 bits per heavy atom. The lowest BCUT2D eigenvalue weighted by Crippen LogP contribution is -2.50. The molecular formula is C23H22FN7O3. The molecule has 1 aliphatic heterocycles. The van der Waals surface area contributed by atoms with Crippen LogP contribution >= 0.6 is 0 Å². The highest BCUT2D eigenvalue weighted by atomic mass is 19.1. The van der Waals surface area contributed by atoms with Gasteiger partial charge in [0.15, 0.2) is 23.6 Å². The first kappa shape index (κ1) is 21.6. The molecule has 1 saturated heterocycles. The lowest BCUT2D eigenvalue weighted by molar-refractivity contribution is -0.133. The van der Waals surface area contributed by atoms with Crippen LogP contribution in [0.3, 0.4) is 0 Å². The number of anilines is 1. The number of carbonyl (C=O) groups is 1. The van der Waals surface area contributed by atoms with Crippen LogP contribution in [-0.4, -0.2) is 75.7 Å². The van der Waals surface area contributed by atoms with E-state index in [-0.39, 0.29) is 18.3 Å². The van der Waals surface area contributed by atoms with E-state index in [1.165, 1.54) is 18.5 Å². The molecule has 1 aliphatic rings. The highest BCUT2D eigenvalue weighted by Crippen LogP contribution is 2.24. The summed E-state index contributed by atoms with van der Waals surface area (Å²) in [5.74, 6) is 1.59. The molecule has 0 saturated carbocycles. The number of nitrogens with zero attached hydrogens (tertiary/aromatic N) is 7. The smallest absolute Gasteiger partial charge is 0.260 e. The quantitative estimate of drug-likeness (QED) is 0.429. The molecule has 0 unspecified atom stereocenters. The first-order valence-corrected chi connectivity index (χ1v) is 10.7. The number of hydrogen-bond donors (Lipinski definition) is 0. The fourth-order valence-electron chi connectivity index (χ4n) is 3.80. The molecule has 3 heterocycles. The highest BCUT2D eigenvalue weighted by molar-refractivity contribution is 5.84. The monoisotopic (exact) mass is 463 g/mol. The van der Waals surface area contributed by atoms with Crippen LogP contribution in [0.4, 0.5) is 10.2 Å². The maximum atomic E-state index is 13.3. The molecule has 0 radical (unpaired) electrons. The summed E-state index contributed by atoms with van der Waals surface area (Å²) in [5.41, 5.74) is 1.73. The number of methoxy groups -OCH3 is 1. The number of aromatic nitrogens is 5. The normalized spacial score (nSPS) is 13.8. The summed E-state index contributed by atoms with van der Waals surface area (Å²) in [6, 6.07) is 13.1. The Bertz CT molecular complexity index is 1290. The fourth-order valence-corrected chi connectivity index (χ4v) is 3.80. The molecule has 2 aromatic carbocycles. The Hall–Kier alpha value is -4.28. The van der Waals surface area contributed by atoms with Crippen molar-refractivity contribution in [1.29, 1.82) is 0 Å². The maximum Gasteiger partial charge on any atom is 0.260 e. The highest BCUT2D eigenvalue weighted by Gasteiger charge is 2.25. The summed E-state index contributed by atoms with van der Waals surface area (Å²) in [7, 11) is 1.60. The molecular weight excluding hydrogens is 441 g/mol. The number of amides is 1. The van der Waals surface area contributed by atoms with Gasteiger partial charge in [0.2, 0.25) is 0 Å². The second-order valence-electron chi connectivity index (χ2n) is 7.68. The van der Waals surface area contributed by atoms with E-state index in [4.69, 9.17) is 9.47 Å². The van der Waals surface area contributed by atoms with Gasteiger partial charge in [0.05, 0.1) is 12.8 Å². The van der Waals surface area contributed by atoms with Crippen molar-refractivity contribution < 1.29 is 18.7 Å². The molecule has 34 heavy (non-hydrogen) atoms. The van der Waals surface area contributed by atoms with E-state index >= 15 is 0 Å². The third kappa shape index (κ3) is 4.32. The lowest BCUT2D eigenvalue weighted by Gasteiger charge is -2.35. The zero-order valence-electron chi connectivity index (χ0n) is 18.5. The molecule has 0 spiro atoms. The van der Waals surface area contributed by atoms with Crippen molar-refractivity contribution in [2.24, 2.45) is 0 Å². The zero-order valence-corrected chi connectivity index (χ0v) is 18.5. The number of fused-ring (bicyclic) bond motifs is 1. The molecule has 0 N–H and O–H groups in total. The standard InChI is InChI=1S/C23H22FN7O3/c1-33-18-6-8-19(9-7-18)34-14-20(32)29-10-12-30(13-11-29)22-21-23(26-15-25-22)31(28-27-21)17-4-2-16(24)3-5-17/h2-9,15H,10-14H2,1H3. The maximum absolute atomic E-state index is 13.3. The topological polar surface area (TPSA) is 98.5 Å². The minimum Gasteiger partial charge on any atom is -0.497 e. The molecule has 10 nitrogen and oxygen atoms in total. The van der Waals surface area contributed by atoms with Crippen LogP contribution < -0.4 is 14.4 Å². The molecule has 1 fully saturated rings. The predicted molar refractivity (Wildman–Crippen MR) is 122 cm³/mol. The van der Waals surface area contributed by atoms with Crippen LogP contribution in [0.5, 0.6) is 11.5 Å².